The second-order valence-electron chi connectivity index (χ2n) is 13.6. The van der Waals surface area contributed by atoms with Gasteiger partial charge in [0.15, 0.2) is 0 Å². The van der Waals surface area contributed by atoms with Gasteiger partial charge in [0.2, 0.25) is 5.91 Å². The molecule has 1 aromatic heterocycles. The number of carbonyl (C=O) groups is 1. The van der Waals surface area contributed by atoms with Gasteiger partial charge in [0, 0.05) is 36.1 Å². The number of amides is 1. The van der Waals surface area contributed by atoms with Crippen LogP contribution < -0.4 is 10.6 Å². The molecule has 0 bridgehead atoms. The number of fused-ring (bicyclic) bond motifs is 2. The van der Waals surface area contributed by atoms with Gasteiger partial charge in [0.25, 0.3) is 0 Å². The maximum Gasteiger partial charge on any atom is 0.220 e. The number of rotatable bonds is 9. The van der Waals surface area contributed by atoms with E-state index >= 15 is 0 Å². The number of H-pyrrole nitrogens is 1. The van der Waals surface area contributed by atoms with Gasteiger partial charge in [-0.05, 0) is 99.1 Å². The highest BCUT2D eigenvalue weighted by Crippen LogP contribution is 2.63. The van der Waals surface area contributed by atoms with Gasteiger partial charge in [0.1, 0.15) is 0 Å². The Kier molecular flexibility index (Phi) is 7.75. The Morgan fingerprint density at radius 3 is 2.68 bits per heavy atom. The summed E-state index contributed by atoms with van der Waals surface area (Å²) in [5, 5.41) is 19.6. The lowest BCUT2D eigenvalue weighted by Crippen LogP contribution is -2.52. The molecule has 4 unspecified atom stereocenters. The molecule has 3 aliphatic carbocycles. The topological polar surface area (TPSA) is 77.2 Å². The standard InChI is InChI=1S/C32H49N3O2/c1-30(2)20-28(35-21-23-9-5-4-6-10-23)32(17-16-31(3,37)19-27(30)32)15-13-29(36)33-18-14-24-22-34-26-12-8-7-11-25(24)26/h7-8,11-12,22-23,27-28,34-35,37H,4-6,9-10,13-21H2,1-3H3,(H,33,36). The van der Waals surface area contributed by atoms with Crippen LogP contribution in [-0.2, 0) is 11.2 Å². The fourth-order valence-electron chi connectivity index (χ4n) is 8.32. The fraction of sp³-hybridized carbons (Fsp3) is 0.719. The van der Waals surface area contributed by atoms with Gasteiger partial charge >= 0.3 is 0 Å². The van der Waals surface area contributed by atoms with E-state index in [9.17, 15) is 9.90 Å². The molecule has 5 rings (SSSR count). The Morgan fingerprint density at radius 2 is 1.86 bits per heavy atom. The number of aromatic nitrogens is 1. The largest absolute Gasteiger partial charge is 0.390 e. The molecule has 3 saturated carbocycles. The molecule has 37 heavy (non-hydrogen) atoms. The minimum absolute atomic E-state index is 0.0919. The maximum absolute atomic E-state index is 13.1. The first-order valence-corrected chi connectivity index (χ1v) is 15.0. The van der Waals surface area contributed by atoms with Crippen LogP contribution in [0.1, 0.15) is 97.0 Å². The van der Waals surface area contributed by atoms with Crippen LogP contribution in [0.25, 0.3) is 10.9 Å². The van der Waals surface area contributed by atoms with Crippen LogP contribution in [0.5, 0.6) is 0 Å². The van der Waals surface area contributed by atoms with Crippen LogP contribution in [-0.4, -0.2) is 40.7 Å². The van der Waals surface area contributed by atoms with Crippen molar-refractivity contribution in [3.05, 3.63) is 36.0 Å². The summed E-state index contributed by atoms with van der Waals surface area (Å²) >= 11 is 0. The van der Waals surface area contributed by atoms with Gasteiger partial charge in [-0.3, -0.25) is 4.79 Å². The van der Waals surface area contributed by atoms with E-state index in [-0.39, 0.29) is 16.7 Å². The molecule has 0 radical (unpaired) electrons. The number of nitrogens with one attached hydrogen (secondary N) is 3. The normalized spacial score (nSPS) is 31.9. The van der Waals surface area contributed by atoms with E-state index in [0.717, 1.165) is 56.5 Å². The zero-order chi connectivity index (χ0) is 26.1. The molecule has 2 aromatic rings. The van der Waals surface area contributed by atoms with Gasteiger partial charge in [0.05, 0.1) is 5.60 Å². The Bertz CT molecular complexity index is 1070. The third-order valence-electron chi connectivity index (χ3n) is 10.4. The van der Waals surface area contributed by atoms with Crippen LogP contribution >= 0.6 is 0 Å². The highest BCUT2D eigenvalue weighted by Gasteiger charge is 2.61. The fourth-order valence-corrected chi connectivity index (χ4v) is 8.32. The summed E-state index contributed by atoms with van der Waals surface area (Å²) < 4.78 is 0. The number of hydrogen-bond acceptors (Lipinski definition) is 3. The minimum Gasteiger partial charge on any atom is -0.390 e. The van der Waals surface area contributed by atoms with Crippen molar-refractivity contribution in [1.29, 1.82) is 0 Å². The van der Waals surface area contributed by atoms with Crippen molar-refractivity contribution in [1.82, 2.24) is 15.6 Å². The zero-order valence-electron chi connectivity index (χ0n) is 23.4. The summed E-state index contributed by atoms with van der Waals surface area (Å²) in [4.78, 5) is 16.4. The van der Waals surface area contributed by atoms with Crippen molar-refractivity contribution in [2.24, 2.45) is 22.7 Å². The molecule has 0 spiro atoms. The predicted molar refractivity (Wildman–Crippen MR) is 151 cm³/mol. The number of benzene rings is 1. The molecule has 1 heterocycles. The lowest BCUT2D eigenvalue weighted by molar-refractivity contribution is -0.123. The Hall–Kier alpha value is -1.85. The molecule has 3 fully saturated rings. The Morgan fingerprint density at radius 1 is 1.08 bits per heavy atom. The second-order valence-corrected chi connectivity index (χ2v) is 13.6. The number of para-hydroxylation sites is 1. The van der Waals surface area contributed by atoms with Gasteiger partial charge < -0.3 is 20.7 Å². The van der Waals surface area contributed by atoms with E-state index in [1.165, 1.54) is 43.1 Å². The van der Waals surface area contributed by atoms with Crippen molar-refractivity contribution in [3.8, 4) is 0 Å². The first-order chi connectivity index (χ1) is 17.7. The molecule has 4 atom stereocenters. The first kappa shape index (κ1) is 26.7. The summed E-state index contributed by atoms with van der Waals surface area (Å²) in [7, 11) is 0. The number of aromatic amines is 1. The molecule has 204 valence electrons. The van der Waals surface area contributed by atoms with Gasteiger partial charge in [-0.1, -0.05) is 51.3 Å². The van der Waals surface area contributed by atoms with E-state index in [4.69, 9.17) is 0 Å². The van der Waals surface area contributed by atoms with Crippen LogP contribution in [0.2, 0.25) is 0 Å². The molecule has 1 aromatic carbocycles. The molecule has 0 aliphatic heterocycles. The Labute approximate surface area is 223 Å². The van der Waals surface area contributed by atoms with E-state index in [1.807, 2.05) is 13.0 Å². The van der Waals surface area contributed by atoms with Crippen molar-refractivity contribution in [3.63, 3.8) is 0 Å². The smallest absolute Gasteiger partial charge is 0.220 e. The summed E-state index contributed by atoms with van der Waals surface area (Å²) in [6.45, 7) is 8.60. The molecule has 5 nitrogen and oxygen atoms in total. The first-order valence-electron chi connectivity index (χ1n) is 15.0. The molecule has 5 heteroatoms. The van der Waals surface area contributed by atoms with Crippen LogP contribution in [0.3, 0.4) is 0 Å². The van der Waals surface area contributed by atoms with Gasteiger partial charge in [-0.25, -0.2) is 0 Å². The van der Waals surface area contributed by atoms with E-state index in [0.29, 0.717) is 24.9 Å². The molecule has 0 saturated heterocycles. The minimum atomic E-state index is -0.592. The maximum atomic E-state index is 13.1. The SMILES string of the molecule is CC1(O)CCC2(CCC(=O)NCCc3c[nH]c4ccccc34)C(NCC3CCCCC3)CC(C)(C)C2C1. The van der Waals surface area contributed by atoms with Crippen LogP contribution in [0.15, 0.2) is 30.5 Å². The molecular formula is C32H49N3O2. The Balaban J connectivity index is 1.22. The molecule has 4 N–H and O–H groups in total. The zero-order valence-corrected chi connectivity index (χ0v) is 23.4. The third-order valence-corrected chi connectivity index (χ3v) is 10.4. The van der Waals surface area contributed by atoms with Crippen molar-refractivity contribution >= 4 is 16.8 Å². The number of carbonyl (C=O) groups excluding carboxylic acids is 1. The highest BCUT2D eigenvalue weighted by molar-refractivity contribution is 5.83. The average Bonchev–Trinajstić information content (AvgIpc) is 3.38. The average molecular weight is 508 g/mol. The van der Waals surface area contributed by atoms with E-state index < -0.39 is 5.60 Å². The quantitative estimate of drug-likeness (QED) is 0.331. The monoisotopic (exact) mass is 507 g/mol. The number of hydrogen-bond donors (Lipinski definition) is 4. The highest BCUT2D eigenvalue weighted by atomic mass is 16.3. The predicted octanol–water partition coefficient (Wildman–Crippen LogP) is 6.11. The van der Waals surface area contributed by atoms with Crippen molar-refractivity contribution in [2.75, 3.05) is 13.1 Å². The summed E-state index contributed by atoms with van der Waals surface area (Å²) in [6, 6.07) is 8.78. The van der Waals surface area contributed by atoms with Crippen LogP contribution in [0.4, 0.5) is 0 Å². The molecule has 1 amide bonds. The van der Waals surface area contributed by atoms with E-state index in [2.05, 4.69) is 53.9 Å². The van der Waals surface area contributed by atoms with Crippen molar-refractivity contribution in [2.45, 2.75) is 109 Å². The summed E-state index contributed by atoms with van der Waals surface area (Å²) in [5.74, 6) is 1.40. The molecular weight excluding hydrogens is 458 g/mol. The van der Waals surface area contributed by atoms with Gasteiger partial charge in [-0.15, -0.1) is 0 Å². The van der Waals surface area contributed by atoms with Crippen LogP contribution in [0, 0.1) is 22.7 Å². The lowest BCUT2D eigenvalue weighted by Gasteiger charge is -2.51. The summed E-state index contributed by atoms with van der Waals surface area (Å²) in [6.07, 6.45) is 15.1. The summed E-state index contributed by atoms with van der Waals surface area (Å²) in [5.41, 5.74) is 2.08. The number of aliphatic hydroxyl groups is 1. The van der Waals surface area contributed by atoms with Crippen molar-refractivity contribution < 1.29 is 9.90 Å². The van der Waals surface area contributed by atoms with E-state index in [1.54, 1.807) is 0 Å². The second kappa shape index (κ2) is 10.7. The van der Waals surface area contributed by atoms with Gasteiger partial charge in [-0.2, -0.15) is 0 Å². The third kappa shape index (κ3) is 5.78. The lowest BCUT2D eigenvalue weighted by atomic mass is 9.57. The molecule has 3 aliphatic rings.